The van der Waals surface area contributed by atoms with Gasteiger partial charge in [-0.25, -0.2) is 0 Å². The molecule has 0 aliphatic heterocycles. The van der Waals surface area contributed by atoms with E-state index in [0.29, 0.717) is 0 Å². The van der Waals surface area contributed by atoms with Gasteiger partial charge in [0.25, 0.3) is 0 Å². The Morgan fingerprint density at radius 3 is 1.25 bits per heavy atom. The lowest BCUT2D eigenvalue weighted by atomic mass is 12.0. The highest BCUT2D eigenvalue weighted by atomic mass is 35.5. The van der Waals surface area contributed by atoms with Crippen molar-refractivity contribution in [3.05, 3.63) is 0 Å². The summed E-state index contributed by atoms with van der Waals surface area (Å²) in [7, 11) is 0. The molecule has 0 aromatic rings. The van der Waals surface area contributed by atoms with E-state index in [2.05, 4.69) is 11.9 Å². The average Bonchev–Trinajstić information content (AvgIpc) is 1.00. The smallest absolute Gasteiger partial charge is 0.0579 e. The third-order valence-electron chi connectivity index (χ3n) is 0. The lowest BCUT2D eigenvalue weighted by Gasteiger charge is -1.13. The molecule has 0 spiro atoms. The van der Waals surface area contributed by atoms with Gasteiger partial charge < -0.3 is 6.15 Å². The Morgan fingerprint density at radius 1 is 1.25 bits per heavy atom. The van der Waals surface area contributed by atoms with Crippen LogP contribution in [0.15, 0.2) is 0 Å². The molecule has 0 aliphatic rings. The molecule has 0 aromatic heterocycles. The van der Waals surface area contributed by atoms with Crippen molar-refractivity contribution in [2.24, 2.45) is 0 Å². The molecule has 0 saturated carbocycles. The zero-order chi connectivity index (χ0) is 2.00. The van der Waals surface area contributed by atoms with E-state index in [-0.39, 0.29) is 13.6 Å². The van der Waals surface area contributed by atoms with Gasteiger partial charge in [-0.05, 0) is 0 Å². The Bertz CT molecular complexity index is 8.00. The lowest BCUT2D eigenvalue weighted by Crippen LogP contribution is -0.913. The Balaban J connectivity index is -0.00000000500. The molecular formula is CH8ClNO. The molecule has 4 N–H and O–H groups in total. The van der Waals surface area contributed by atoms with Gasteiger partial charge in [0, 0.05) is 0 Å². The quantitative estimate of drug-likeness (QED) is 0.460. The number of hydrogen-bond acceptors (Lipinski definition) is 2. The summed E-state index contributed by atoms with van der Waals surface area (Å²) < 4.78 is 6.47. The second kappa shape index (κ2) is 356. The fourth-order valence-electron chi connectivity index (χ4n) is 0. The molecule has 0 unspecified atom stereocenters. The Labute approximate surface area is 31.2 Å². The molecule has 0 rings (SSSR count). The topological polar surface area (TPSA) is 55.2 Å². The van der Waals surface area contributed by atoms with Crippen LogP contribution in [0.2, 0.25) is 0 Å². The van der Waals surface area contributed by atoms with Crippen LogP contribution in [0.4, 0.5) is 0 Å². The number of halogens is 1. The zero-order valence-electron chi connectivity index (χ0n) is 1.53. The molecule has 3 heteroatoms. The van der Waals surface area contributed by atoms with Crippen LogP contribution in [0.5, 0.6) is 0 Å². The van der Waals surface area contributed by atoms with Crippen molar-refractivity contribution in [2.75, 3.05) is 0 Å². The van der Waals surface area contributed by atoms with Gasteiger partial charge in [0.1, 0.15) is 0 Å². The van der Waals surface area contributed by atoms with Crippen LogP contribution in [-0.4, -0.2) is 4.66 Å². The predicted octanol–water partition coefficient (Wildman–Crippen LogP) is 0.931. The van der Waals surface area contributed by atoms with Crippen LogP contribution in [0.25, 0.3) is 0 Å². The standard InChI is InChI=1S/CH4.ClHO.H3N/c;1-2;/h1H4;2H;1H3. The zero-order valence-corrected chi connectivity index (χ0v) is 2.29. The van der Waals surface area contributed by atoms with Gasteiger partial charge in [-0.1, -0.05) is 7.43 Å². The van der Waals surface area contributed by atoms with E-state index in [0.717, 1.165) is 0 Å². The maximum absolute atomic E-state index is 6.47. The minimum absolute atomic E-state index is 0. The molecule has 2 nitrogen and oxygen atoms in total. The molecule has 0 fully saturated rings. The largest absolute Gasteiger partial charge is 0.344 e. The van der Waals surface area contributed by atoms with Gasteiger partial charge in [0.2, 0.25) is 0 Å². The fourth-order valence-corrected chi connectivity index (χ4v) is 0. The van der Waals surface area contributed by atoms with Crippen molar-refractivity contribution in [1.29, 1.82) is 0 Å². The van der Waals surface area contributed by atoms with Crippen molar-refractivity contribution in [1.82, 2.24) is 6.15 Å². The molecule has 4 heavy (non-hydrogen) atoms. The van der Waals surface area contributed by atoms with Crippen molar-refractivity contribution >= 4 is 11.9 Å². The van der Waals surface area contributed by atoms with Crippen molar-refractivity contribution < 1.29 is 4.66 Å². The second-order valence-electron chi connectivity index (χ2n) is 0. The number of rotatable bonds is 0. The van der Waals surface area contributed by atoms with E-state index < -0.39 is 0 Å². The number of hydrogen-bond donors (Lipinski definition) is 2. The third kappa shape index (κ3) is 73.4. The van der Waals surface area contributed by atoms with Crippen LogP contribution in [-0.2, 0) is 0 Å². The van der Waals surface area contributed by atoms with E-state index in [1.54, 1.807) is 0 Å². The molecule has 0 heterocycles. The Kier molecular flexibility index (Phi) is 2630. The van der Waals surface area contributed by atoms with Crippen LogP contribution in [0, 0.1) is 0 Å². The minimum Gasteiger partial charge on any atom is -0.344 e. The molecule has 0 atom stereocenters. The molecule has 0 bridgehead atoms. The van der Waals surface area contributed by atoms with Gasteiger partial charge in [-0.2, -0.15) is 0 Å². The van der Waals surface area contributed by atoms with E-state index in [1.165, 1.54) is 0 Å². The van der Waals surface area contributed by atoms with E-state index >= 15 is 0 Å². The van der Waals surface area contributed by atoms with Crippen molar-refractivity contribution in [3.8, 4) is 0 Å². The molecular weight excluding hydrogens is 77.5 g/mol. The van der Waals surface area contributed by atoms with E-state index in [9.17, 15) is 0 Å². The predicted molar refractivity (Wildman–Crippen MR) is 19.8 cm³/mol. The van der Waals surface area contributed by atoms with E-state index in [4.69, 9.17) is 4.66 Å². The first-order valence-corrected chi connectivity index (χ1v) is 0.507. The fraction of sp³-hybridized carbons (Fsp3) is 1.00. The summed E-state index contributed by atoms with van der Waals surface area (Å²) in [6, 6.07) is 0. The first-order chi connectivity index (χ1) is 1.00. The average molecular weight is 85.5 g/mol. The summed E-state index contributed by atoms with van der Waals surface area (Å²) in [6.07, 6.45) is 0. The van der Waals surface area contributed by atoms with Gasteiger partial charge >= 0.3 is 0 Å². The van der Waals surface area contributed by atoms with Crippen LogP contribution < -0.4 is 6.15 Å². The maximum atomic E-state index is 6.47. The second-order valence-corrected chi connectivity index (χ2v) is 0. The minimum atomic E-state index is 0. The summed E-state index contributed by atoms with van der Waals surface area (Å²) in [5, 5.41) is 0. The molecule has 30 valence electrons. The summed E-state index contributed by atoms with van der Waals surface area (Å²) in [5.74, 6) is 0. The lowest BCUT2D eigenvalue weighted by molar-refractivity contribution is 0.632. The first kappa shape index (κ1) is 29.6. The third-order valence-corrected chi connectivity index (χ3v) is 0. The van der Waals surface area contributed by atoms with Gasteiger partial charge in [0.15, 0.2) is 0 Å². The van der Waals surface area contributed by atoms with Crippen molar-refractivity contribution in [2.45, 2.75) is 7.43 Å². The summed E-state index contributed by atoms with van der Waals surface area (Å²) in [6.45, 7) is 0. The summed E-state index contributed by atoms with van der Waals surface area (Å²) in [5.41, 5.74) is 0. The highest BCUT2D eigenvalue weighted by Crippen LogP contribution is 1.31. The first-order valence-electron chi connectivity index (χ1n) is 0.169. The van der Waals surface area contributed by atoms with Crippen LogP contribution in [0.3, 0.4) is 0 Å². The monoisotopic (exact) mass is 85.0 g/mol. The van der Waals surface area contributed by atoms with Crippen LogP contribution >= 0.6 is 11.9 Å². The van der Waals surface area contributed by atoms with Gasteiger partial charge in [0.05, 0.1) is 11.9 Å². The summed E-state index contributed by atoms with van der Waals surface area (Å²) in [4.78, 5) is 0. The maximum Gasteiger partial charge on any atom is 0.0579 e. The summed E-state index contributed by atoms with van der Waals surface area (Å²) >= 11 is 3.64. The van der Waals surface area contributed by atoms with Gasteiger partial charge in [-0.3, -0.25) is 4.66 Å². The van der Waals surface area contributed by atoms with E-state index in [1.807, 2.05) is 0 Å². The Morgan fingerprint density at radius 2 is 1.25 bits per heavy atom. The molecule has 0 saturated heterocycles. The highest BCUT2D eigenvalue weighted by molar-refractivity contribution is 6.04. The molecule has 0 aliphatic carbocycles. The molecule has 0 amide bonds. The highest BCUT2D eigenvalue weighted by Gasteiger charge is 0.897. The molecule has 0 radical (unpaired) electrons. The Hall–Kier alpha value is 0.210. The van der Waals surface area contributed by atoms with Crippen LogP contribution in [0.1, 0.15) is 7.43 Å². The van der Waals surface area contributed by atoms with Crippen molar-refractivity contribution in [3.63, 3.8) is 0 Å². The molecule has 0 aromatic carbocycles. The van der Waals surface area contributed by atoms with Gasteiger partial charge in [-0.15, -0.1) is 0 Å². The SMILES string of the molecule is C.N.OCl. The normalized spacial score (nSPS) is 1.50.